The average Bonchev–Trinajstić information content (AvgIpc) is 2.84. The van der Waals surface area contributed by atoms with Gasteiger partial charge in [-0.05, 0) is 56.1 Å². The summed E-state index contributed by atoms with van der Waals surface area (Å²) in [6.45, 7) is 9.03. The number of nitrogens with zero attached hydrogens (tertiary/aromatic N) is 3. The molecule has 0 aromatic carbocycles. The number of ether oxygens (including phenoxy) is 1. The summed E-state index contributed by atoms with van der Waals surface area (Å²) in [7, 11) is 0. The number of aliphatic carboxylic acids is 1. The normalized spacial score (nSPS) is 18.4. The van der Waals surface area contributed by atoms with Crippen LogP contribution in [-0.4, -0.2) is 40.7 Å². The topological polar surface area (TPSA) is 75.6 Å². The van der Waals surface area contributed by atoms with Gasteiger partial charge in [-0.3, -0.25) is 14.8 Å². The molecule has 3 heterocycles. The minimum Gasteiger partial charge on any atom is -0.492 e. The van der Waals surface area contributed by atoms with E-state index in [1.165, 1.54) is 38.5 Å². The summed E-state index contributed by atoms with van der Waals surface area (Å²) >= 11 is 0. The van der Waals surface area contributed by atoms with Crippen LogP contribution in [0.2, 0.25) is 0 Å². The highest BCUT2D eigenvalue weighted by Crippen LogP contribution is 2.39. The van der Waals surface area contributed by atoms with E-state index >= 15 is 0 Å². The molecule has 0 amide bonds. The van der Waals surface area contributed by atoms with E-state index in [0.29, 0.717) is 5.41 Å². The van der Waals surface area contributed by atoms with Gasteiger partial charge in [-0.2, -0.15) is 0 Å². The predicted octanol–water partition coefficient (Wildman–Crippen LogP) is 6.44. The first kappa shape index (κ1) is 25.5. The summed E-state index contributed by atoms with van der Waals surface area (Å²) in [5, 5.41) is 9.60. The Morgan fingerprint density at radius 1 is 1.11 bits per heavy atom. The summed E-state index contributed by atoms with van der Waals surface area (Å²) in [5.74, 6) is 0.820. The second-order valence-corrected chi connectivity index (χ2v) is 11.2. The number of aryl methyl sites for hydroxylation is 1. The predicted molar refractivity (Wildman–Crippen MR) is 140 cm³/mol. The molecule has 2 aromatic heterocycles. The third kappa shape index (κ3) is 6.74. The third-order valence-electron chi connectivity index (χ3n) is 7.89. The van der Waals surface area contributed by atoms with E-state index in [1.54, 1.807) is 6.20 Å². The molecule has 0 bridgehead atoms. The molecule has 0 atom stereocenters. The zero-order valence-electron chi connectivity index (χ0n) is 21.7. The van der Waals surface area contributed by atoms with Gasteiger partial charge in [0.2, 0.25) is 0 Å². The van der Waals surface area contributed by atoms with Crippen LogP contribution in [0.25, 0.3) is 11.3 Å². The van der Waals surface area contributed by atoms with E-state index in [0.717, 1.165) is 78.8 Å². The molecule has 1 aliphatic carbocycles. The van der Waals surface area contributed by atoms with Crippen molar-refractivity contribution < 1.29 is 14.6 Å². The van der Waals surface area contributed by atoms with Crippen molar-refractivity contribution >= 4 is 11.7 Å². The smallest absolute Gasteiger partial charge is 0.307 e. The molecular weight excluding hydrogens is 438 g/mol. The Balaban J connectivity index is 1.49. The second-order valence-electron chi connectivity index (χ2n) is 11.2. The molecule has 190 valence electrons. The van der Waals surface area contributed by atoms with Crippen LogP contribution in [0.4, 0.5) is 5.69 Å². The van der Waals surface area contributed by atoms with Gasteiger partial charge in [0.15, 0.2) is 0 Å². The fraction of sp³-hybridized carbons (Fsp3) is 0.621. The maximum absolute atomic E-state index is 11.7. The molecule has 2 aromatic rings. The highest BCUT2D eigenvalue weighted by Gasteiger charge is 2.29. The standard InChI is InChI=1S/C29H41N3O3/c1-21-24(18-27(33)34)28(32-15-13-29(2,3)14-16-32)25(20-30-21)26-12-11-23(19-31-26)35-17-7-10-22-8-5-4-6-9-22/h11-12,19-20,22H,4-10,13-18H2,1-3H3,(H,33,34). The fourth-order valence-electron chi connectivity index (χ4n) is 5.54. The molecule has 0 radical (unpaired) electrons. The number of hydrogen-bond donors (Lipinski definition) is 1. The van der Waals surface area contributed by atoms with Crippen molar-refractivity contribution in [3.63, 3.8) is 0 Å². The van der Waals surface area contributed by atoms with Crippen molar-refractivity contribution in [3.05, 3.63) is 35.8 Å². The minimum atomic E-state index is -0.837. The number of carboxylic acid groups (broad SMARTS) is 1. The van der Waals surface area contributed by atoms with E-state index < -0.39 is 5.97 Å². The highest BCUT2D eigenvalue weighted by molar-refractivity contribution is 5.83. The summed E-state index contributed by atoms with van der Waals surface area (Å²) < 4.78 is 5.99. The van der Waals surface area contributed by atoms with Gasteiger partial charge in [0, 0.05) is 36.1 Å². The molecule has 1 saturated carbocycles. The Hall–Kier alpha value is -2.63. The number of piperidine rings is 1. The van der Waals surface area contributed by atoms with E-state index in [-0.39, 0.29) is 6.42 Å². The molecule has 4 rings (SSSR count). The number of carboxylic acids is 1. The number of anilines is 1. The second kappa shape index (κ2) is 11.4. The number of rotatable bonds is 9. The quantitative estimate of drug-likeness (QED) is 0.417. The molecule has 6 heteroatoms. The van der Waals surface area contributed by atoms with Gasteiger partial charge in [0.25, 0.3) is 0 Å². The Bertz CT molecular complexity index is 987. The first-order valence-corrected chi connectivity index (χ1v) is 13.4. The molecular formula is C29H41N3O3. The fourth-order valence-corrected chi connectivity index (χ4v) is 5.54. The Kier molecular flexibility index (Phi) is 8.30. The maximum atomic E-state index is 11.7. The van der Waals surface area contributed by atoms with Crippen molar-refractivity contribution in [2.75, 3.05) is 24.6 Å². The van der Waals surface area contributed by atoms with Crippen molar-refractivity contribution in [3.8, 4) is 17.0 Å². The number of carbonyl (C=O) groups is 1. The summed E-state index contributed by atoms with van der Waals surface area (Å²) in [6, 6.07) is 3.95. The molecule has 1 saturated heterocycles. The van der Waals surface area contributed by atoms with Crippen molar-refractivity contribution in [1.82, 2.24) is 9.97 Å². The SMILES string of the molecule is Cc1ncc(-c2ccc(OCCCC3CCCCC3)cn2)c(N2CCC(C)(C)CC2)c1CC(=O)O. The van der Waals surface area contributed by atoms with Crippen molar-refractivity contribution in [1.29, 1.82) is 0 Å². The lowest BCUT2D eigenvalue weighted by Gasteiger charge is -2.40. The van der Waals surface area contributed by atoms with Crippen LogP contribution in [0.1, 0.15) is 82.9 Å². The average molecular weight is 480 g/mol. The van der Waals surface area contributed by atoms with Gasteiger partial charge >= 0.3 is 5.97 Å². The van der Waals surface area contributed by atoms with Crippen molar-refractivity contribution in [2.24, 2.45) is 11.3 Å². The minimum absolute atomic E-state index is 0.0376. The lowest BCUT2D eigenvalue weighted by molar-refractivity contribution is -0.136. The third-order valence-corrected chi connectivity index (χ3v) is 7.89. The van der Waals surface area contributed by atoms with Crippen LogP contribution in [0, 0.1) is 18.3 Å². The van der Waals surface area contributed by atoms with Gasteiger partial charge in [-0.25, -0.2) is 0 Å². The number of pyridine rings is 2. The zero-order chi connectivity index (χ0) is 24.8. The van der Waals surface area contributed by atoms with Crippen LogP contribution < -0.4 is 9.64 Å². The number of hydrogen-bond acceptors (Lipinski definition) is 5. The van der Waals surface area contributed by atoms with E-state index in [4.69, 9.17) is 9.72 Å². The first-order valence-electron chi connectivity index (χ1n) is 13.4. The van der Waals surface area contributed by atoms with Gasteiger partial charge in [0.05, 0.1) is 30.6 Å². The largest absolute Gasteiger partial charge is 0.492 e. The molecule has 6 nitrogen and oxygen atoms in total. The van der Waals surface area contributed by atoms with E-state index in [1.807, 2.05) is 25.3 Å². The van der Waals surface area contributed by atoms with Gasteiger partial charge < -0.3 is 14.7 Å². The molecule has 0 spiro atoms. The monoisotopic (exact) mass is 479 g/mol. The molecule has 35 heavy (non-hydrogen) atoms. The summed E-state index contributed by atoms with van der Waals surface area (Å²) in [5.41, 5.74) is 4.55. The lowest BCUT2D eigenvalue weighted by Crippen LogP contribution is -2.38. The summed E-state index contributed by atoms with van der Waals surface area (Å²) in [6.07, 6.45) is 15.0. The Morgan fingerprint density at radius 3 is 2.51 bits per heavy atom. The van der Waals surface area contributed by atoms with Crippen LogP contribution in [-0.2, 0) is 11.2 Å². The van der Waals surface area contributed by atoms with Gasteiger partial charge in [-0.1, -0.05) is 46.0 Å². The van der Waals surface area contributed by atoms with Crippen LogP contribution >= 0.6 is 0 Å². The summed E-state index contributed by atoms with van der Waals surface area (Å²) in [4.78, 5) is 23.3. The van der Waals surface area contributed by atoms with Crippen LogP contribution in [0.5, 0.6) is 5.75 Å². The van der Waals surface area contributed by atoms with E-state index in [9.17, 15) is 9.90 Å². The molecule has 2 aliphatic rings. The maximum Gasteiger partial charge on any atom is 0.307 e. The molecule has 2 fully saturated rings. The molecule has 0 unspecified atom stereocenters. The first-order chi connectivity index (χ1) is 16.8. The molecule has 1 aliphatic heterocycles. The molecule has 1 N–H and O–H groups in total. The van der Waals surface area contributed by atoms with Crippen LogP contribution in [0.15, 0.2) is 24.5 Å². The van der Waals surface area contributed by atoms with Crippen molar-refractivity contribution in [2.45, 2.75) is 85.0 Å². The zero-order valence-corrected chi connectivity index (χ0v) is 21.7. The van der Waals surface area contributed by atoms with Gasteiger partial charge in [0.1, 0.15) is 5.75 Å². The van der Waals surface area contributed by atoms with Crippen LogP contribution in [0.3, 0.4) is 0 Å². The highest BCUT2D eigenvalue weighted by atomic mass is 16.5. The lowest BCUT2D eigenvalue weighted by atomic mass is 9.82. The van der Waals surface area contributed by atoms with E-state index in [2.05, 4.69) is 23.7 Å². The number of aromatic nitrogens is 2. The Labute approximate surface area is 210 Å². The van der Waals surface area contributed by atoms with Gasteiger partial charge in [-0.15, -0.1) is 0 Å². The Morgan fingerprint density at radius 2 is 1.86 bits per heavy atom.